The standard InChI is InChI=1S/C26H33N3O2S/c1-4-8-25(30)26(31)29-17-15-28(16-18-29)21(3)24(19-22-9-6-5-7-10-22)27-32-23-13-11-20(2)12-14-23/h5-14,24,27,30H,3-4,15-19H2,1-2H3/b25-8+. The molecule has 1 aliphatic rings. The van der Waals surface area contributed by atoms with E-state index in [9.17, 15) is 9.90 Å². The fraction of sp³-hybridized carbons (Fsp3) is 0.346. The molecule has 0 aromatic heterocycles. The Bertz CT molecular complexity index is 920. The molecular weight excluding hydrogens is 418 g/mol. The van der Waals surface area contributed by atoms with Gasteiger partial charge in [0.15, 0.2) is 5.76 Å². The number of carbonyl (C=O) groups excluding carboxylic acids is 1. The zero-order valence-electron chi connectivity index (χ0n) is 19.0. The number of nitrogens with zero attached hydrogens (tertiary/aromatic N) is 2. The van der Waals surface area contributed by atoms with Gasteiger partial charge in [-0.1, -0.05) is 61.5 Å². The van der Waals surface area contributed by atoms with E-state index in [4.69, 9.17) is 0 Å². The predicted octanol–water partition coefficient (Wildman–Crippen LogP) is 4.71. The second-order valence-electron chi connectivity index (χ2n) is 8.04. The molecule has 1 saturated heterocycles. The summed E-state index contributed by atoms with van der Waals surface area (Å²) >= 11 is 1.62. The highest BCUT2D eigenvalue weighted by Crippen LogP contribution is 2.22. The van der Waals surface area contributed by atoms with E-state index in [1.807, 2.05) is 13.0 Å². The lowest BCUT2D eigenvalue weighted by molar-refractivity contribution is -0.131. The molecule has 0 spiro atoms. The van der Waals surface area contributed by atoms with E-state index < -0.39 is 0 Å². The molecule has 170 valence electrons. The summed E-state index contributed by atoms with van der Waals surface area (Å²) in [7, 11) is 0. The summed E-state index contributed by atoms with van der Waals surface area (Å²) in [6, 6.07) is 18.9. The molecule has 1 unspecified atom stereocenters. The lowest BCUT2D eigenvalue weighted by atomic mass is 10.0. The molecule has 1 atom stereocenters. The van der Waals surface area contributed by atoms with Crippen LogP contribution in [0.15, 0.2) is 83.6 Å². The Labute approximate surface area is 195 Å². The van der Waals surface area contributed by atoms with E-state index >= 15 is 0 Å². The van der Waals surface area contributed by atoms with Gasteiger partial charge in [-0.05, 0) is 55.5 Å². The van der Waals surface area contributed by atoms with E-state index in [2.05, 4.69) is 71.7 Å². The Morgan fingerprint density at radius 3 is 2.34 bits per heavy atom. The average Bonchev–Trinajstić information content (AvgIpc) is 2.82. The largest absolute Gasteiger partial charge is 0.503 e. The minimum atomic E-state index is -0.286. The Kier molecular flexibility index (Phi) is 8.82. The first-order chi connectivity index (χ1) is 15.5. The molecule has 1 aliphatic heterocycles. The summed E-state index contributed by atoms with van der Waals surface area (Å²) in [4.78, 5) is 17.5. The van der Waals surface area contributed by atoms with Gasteiger partial charge in [0.05, 0.1) is 6.04 Å². The van der Waals surface area contributed by atoms with Crippen LogP contribution in [0.2, 0.25) is 0 Å². The van der Waals surface area contributed by atoms with Crippen LogP contribution < -0.4 is 4.72 Å². The van der Waals surface area contributed by atoms with Gasteiger partial charge in [0, 0.05) is 36.8 Å². The number of nitrogens with one attached hydrogen (secondary N) is 1. The third-order valence-electron chi connectivity index (χ3n) is 5.61. The molecule has 1 heterocycles. The van der Waals surface area contributed by atoms with Crippen molar-refractivity contribution < 1.29 is 9.90 Å². The fourth-order valence-electron chi connectivity index (χ4n) is 3.68. The predicted molar refractivity (Wildman–Crippen MR) is 132 cm³/mol. The number of allylic oxidation sites excluding steroid dienone is 1. The lowest BCUT2D eigenvalue weighted by Crippen LogP contribution is -2.50. The number of hydrogen-bond acceptors (Lipinski definition) is 5. The van der Waals surface area contributed by atoms with Gasteiger partial charge >= 0.3 is 0 Å². The molecule has 2 N–H and O–H groups in total. The van der Waals surface area contributed by atoms with Gasteiger partial charge in [-0.3, -0.25) is 9.52 Å². The van der Waals surface area contributed by atoms with E-state index in [1.165, 1.54) is 11.1 Å². The van der Waals surface area contributed by atoms with Gasteiger partial charge in [0.1, 0.15) is 0 Å². The number of rotatable bonds is 9. The Morgan fingerprint density at radius 1 is 1.09 bits per heavy atom. The smallest absolute Gasteiger partial charge is 0.288 e. The Balaban J connectivity index is 1.64. The Hall–Kier alpha value is -2.70. The molecule has 1 amide bonds. The number of amides is 1. The maximum Gasteiger partial charge on any atom is 0.288 e. The van der Waals surface area contributed by atoms with Crippen LogP contribution in [0.3, 0.4) is 0 Å². The molecule has 5 nitrogen and oxygen atoms in total. The number of aliphatic hydroxyl groups is 1. The molecule has 0 aliphatic carbocycles. The lowest BCUT2D eigenvalue weighted by Gasteiger charge is -2.39. The van der Waals surface area contributed by atoms with Crippen molar-refractivity contribution in [1.82, 2.24) is 14.5 Å². The molecule has 2 aromatic carbocycles. The highest BCUT2D eigenvalue weighted by molar-refractivity contribution is 7.97. The number of piperazine rings is 1. The second kappa shape index (κ2) is 11.8. The summed E-state index contributed by atoms with van der Waals surface area (Å²) in [5.74, 6) is -0.441. The summed E-state index contributed by atoms with van der Waals surface area (Å²) in [6.45, 7) is 11.0. The van der Waals surface area contributed by atoms with Crippen molar-refractivity contribution >= 4 is 17.9 Å². The zero-order valence-corrected chi connectivity index (χ0v) is 19.8. The molecule has 3 rings (SSSR count). The molecular formula is C26H33N3O2S. The minimum Gasteiger partial charge on any atom is -0.503 e. The highest BCUT2D eigenvalue weighted by atomic mass is 32.2. The van der Waals surface area contributed by atoms with Crippen molar-refractivity contribution in [3.8, 4) is 0 Å². The van der Waals surface area contributed by atoms with E-state index in [0.29, 0.717) is 32.6 Å². The maximum absolute atomic E-state index is 12.4. The van der Waals surface area contributed by atoms with Crippen LogP contribution >= 0.6 is 11.9 Å². The van der Waals surface area contributed by atoms with Crippen molar-refractivity contribution in [2.45, 2.75) is 37.6 Å². The summed E-state index contributed by atoms with van der Waals surface area (Å²) in [5.41, 5.74) is 3.51. The maximum atomic E-state index is 12.4. The van der Waals surface area contributed by atoms with Crippen LogP contribution in [0.25, 0.3) is 0 Å². The van der Waals surface area contributed by atoms with Gasteiger partial charge in [-0.2, -0.15) is 0 Å². The topological polar surface area (TPSA) is 55.8 Å². The third-order valence-corrected chi connectivity index (χ3v) is 6.52. The molecule has 1 fully saturated rings. The number of hydrogen-bond donors (Lipinski definition) is 2. The first kappa shape index (κ1) is 24.0. The average molecular weight is 452 g/mol. The first-order valence-corrected chi connectivity index (χ1v) is 11.9. The SMILES string of the molecule is C=C(C(Cc1ccccc1)NSc1ccc(C)cc1)N1CCN(C(=O)/C(O)=C\CC)CC1. The normalized spacial score (nSPS) is 15.5. The van der Waals surface area contributed by atoms with E-state index in [-0.39, 0.29) is 17.7 Å². The van der Waals surface area contributed by atoms with Crippen molar-refractivity contribution in [3.63, 3.8) is 0 Å². The van der Waals surface area contributed by atoms with Crippen LogP contribution in [0.4, 0.5) is 0 Å². The summed E-state index contributed by atoms with van der Waals surface area (Å²) in [6.07, 6.45) is 3.04. The molecule has 32 heavy (non-hydrogen) atoms. The summed E-state index contributed by atoms with van der Waals surface area (Å²) < 4.78 is 3.62. The highest BCUT2D eigenvalue weighted by Gasteiger charge is 2.26. The van der Waals surface area contributed by atoms with Crippen molar-refractivity contribution in [3.05, 3.63) is 89.8 Å². The molecule has 6 heteroatoms. The minimum absolute atomic E-state index is 0.0549. The molecule has 0 saturated carbocycles. The van der Waals surface area contributed by atoms with Crippen LogP contribution in [0.1, 0.15) is 24.5 Å². The van der Waals surface area contributed by atoms with Crippen LogP contribution in [0.5, 0.6) is 0 Å². The Morgan fingerprint density at radius 2 is 1.72 bits per heavy atom. The van der Waals surface area contributed by atoms with Crippen LogP contribution in [-0.4, -0.2) is 53.0 Å². The first-order valence-electron chi connectivity index (χ1n) is 11.1. The van der Waals surface area contributed by atoms with Crippen molar-refractivity contribution in [2.75, 3.05) is 26.2 Å². The van der Waals surface area contributed by atoms with Crippen LogP contribution in [0, 0.1) is 6.92 Å². The van der Waals surface area contributed by atoms with Gasteiger partial charge in [-0.25, -0.2) is 0 Å². The van der Waals surface area contributed by atoms with Gasteiger partial charge in [-0.15, -0.1) is 0 Å². The van der Waals surface area contributed by atoms with Crippen molar-refractivity contribution in [2.24, 2.45) is 0 Å². The molecule has 0 radical (unpaired) electrons. The molecule has 0 bridgehead atoms. The van der Waals surface area contributed by atoms with Gasteiger partial charge in [0.25, 0.3) is 5.91 Å². The van der Waals surface area contributed by atoms with Gasteiger partial charge < -0.3 is 14.9 Å². The number of carbonyl (C=O) groups is 1. The quantitative estimate of drug-likeness (QED) is 0.328. The zero-order chi connectivity index (χ0) is 22.9. The summed E-state index contributed by atoms with van der Waals surface area (Å²) in [5, 5.41) is 9.92. The third kappa shape index (κ3) is 6.65. The van der Waals surface area contributed by atoms with E-state index in [1.54, 1.807) is 22.9 Å². The number of aryl methyl sites for hydroxylation is 1. The number of aliphatic hydroxyl groups excluding tert-OH is 1. The van der Waals surface area contributed by atoms with E-state index in [0.717, 1.165) is 17.0 Å². The van der Waals surface area contributed by atoms with Crippen molar-refractivity contribution in [1.29, 1.82) is 0 Å². The fourth-order valence-corrected chi connectivity index (χ4v) is 4.45. The van der Waals surface area contributed by atoms with Crippen LogP contribution in [-0.2, 0) is 11.2 Å². The molecule has 2 aromatic rings. The second-order valence-corrected chi connectivity index (χ2v) is 8.95. The number of benzene rings is 2. The van der Waals surface area contributed by atoms with Gasteiger partial charge in [0.2, 0.25) is 0 Å². The monoisotopic (exact) mass is 451 g/mol.